The summed E-state index contributed by atoms with van der Waals surface area (Å²) in [6.45, 7) is 2.32. The fourth-order valence-corrected chi connectivity index (χ4v) is 5.18. The van der Waals surface area contributed by atoms with Crippen LogP contribution in [0.4, 0.5) is 0 Å². The maximum atomic E-state index is 5.42. The quantitative estimate of drug-likeness (QED) is 0.534. The Morgan fingerprint density at radius 3 is 2.85 bits per heavy atom. The van der Waals surface area contributed by atoms with Crippen molar-refractivity contribution in [3.8, 4) is 22.9 Å². The lowest BCUT2D eigenvalue weighted by Crippen LogP contribution is -2.08. The molecule has 0 fully saturated rings. The van der Waals surface area contributed by atoms with Crippen LogP contribution in [0.5, 0.6) is 11.5 Å². The van der Waals surface area contributed by atoms with Gasteiger partial charge in [0.25, 0.3) is 0 Å². The Labute approximate surface area is 160 Å². The average Bonchev–Trinajstić information content (AvgIpc) is 3.27. The zero-order chi connectivity index (χ0) is 18.5. The van der Waals surface area contributed by atoms with Crippen LogP contribution in [0.3, 0.4) is 0 Å². The fourth-order valence-electron chi connectivity index (χ4n) is 3.84. The van der Waals surface area contributed by atoms with Crippen molar-refractivity contribution in [1.29, 1.82) is 0 Å². The number of aryl methyl sites for hydroxylation is 1. The molecule has 3 aromatic heterocycles. The molecule has 4 aromatic rings. The Bertz CT molecular complexity index is 1160. The Hall–Kier alpha value is -2.67. The second kappa shape index (κ2) is 6.20. The largest absolute Gasteiger partial charge is 0.493 e. The van der Waals surface area contributed by atoms with Gasteiger partial charge in [0.2, 0.25) is 0 Å². The topological polar surface area (TPSA) is 61.5 Å². The van der Waals surface area contributed by atoms with Crippen LogP contribution in [0.1, 0.15) is 23.8 Å². The van der Waals surface area contributed by atoms with Gasteiger partial charge in [0.1, 0.15) is 11.2 Å². The highest BCUT2D eigenvalue weighted by Crippen LogP contribution is 2.39. The number of benzene rings is 1. The van der Waals surface area contributed by atoms with Gasteiger partial charge in [-0.15, -0.1) is 16.4 Å². The summed E-state index contributed by atoms with van der Waals surface area (Å²) in [6.07, 6.45) is 5.21. The fraction of sp³-hybridized carbons (Fsp3) is 0.350. The number of hydrogen-bond donors (Lipinski definition) is 0. The van der Waals surface area contributed by atoms with Crippen molar-refractivity contribution < 1.29 is 9.47 Å². The van der Waals surface area contributed by atoms with Gasteiger partial charge >= 0.3 is 0 Å². The highest BCUT2D eigenvalue weighted by atomic mass is 32.1. The molecule has 6 nitrogen and oxygen atoms in total. The third-order valence-corrected chi connectivity index (χ3v) is 6.44. The molecule has 0 N–H and O–H groups in total. The van der Waals surface area contributed by atoms with E-state index in [-0.39, 0.29) is 0 Å². The average molecular weight is 380 g/mol. The summed E-state index contributed by atoms with van der Waals surface area (Å²) in [5, 5.41) is 5.83. The second-order valence-electron chi connectivity index (χ2n) is 7.05. The third kappa shape index (κ3) is 2.56. The van der Waals surface area contributed by atoms with Crippen LogP contribution in [0, 0.1) is 5.92 Å². The monoisotopic (exact) mass is 380 g/mol. The molecule has 0 spiro atoms. The first-order chi connectivity index (χ1) is 13.2. The number of fused-ring (bicyclic) bond motifs is 5. The number of thiophene rings is 1. The summed E-state index contributed by atoms with van der Waals surface area (Å²) in [5.41, 5.74) is 3.19. The van der Waals surface area contributed by atoms with E-state index in [9.17, 15) is 0 Å². The summed E-state index contributed by atoms with van der Waals surface area (Å²) in [4.78, 5) is 12.0. The highest BCUT2D eigenvalue weighted by molar-refractivity contribution is 7.19. The first-order valence-corrected chi connectivity index (χ1v) is 9.87. The minimum Gasteiger partial charge on any atom is -0.493 e. The molecule has 3 heterocycles. The van der Waals surface area contributed by atoms with E-state index in [1.807, 2.05) is 18.2 Å². The third-order valence-electron chi connectivity index (χ3n) is 5.27. The van der Waals surface area contributed by atoms with Gasteiger partial charge in [-0.1, -0.05) is 6.92 Å². The summed E-state index contributed by atoms with van der Waals surface area (Å²) in [5.74, 6) is 2.75. The van der Waals surface area contributed by atoms with Gasteiger partial charge in [-0.05, 0) is 48.9 Å². The van der Waals surface area contributed by atoms with E-state index < -0.39 is 0 Å². The molecule has 1 aliphatic carbocycles. The molecule has 0 amide bonds. The van der Waals surface area contributed by atoms with Gasteiger partial charge in [-0.3, -0.25) is 0 Å². The molecule has 0 saturated carbocycles. The number of methoxy groups -OCH3 is 2. The lowest BCUT2D eigenvalue weighted by molar-refractivity contribution is 0.355. The zero-order valence-corrected chi connectivity index (χ0v) is 16.3. The Morgan fingerprint density at radius 1 is 1.19 bits per heavy atom. The van der Waals surface area contributed by atoms with Crippen LogP contribution in [0.15, 0.2) is 24.5 Å². The molecule has 5 rings (SSSR count). The molecule has 7 heteroatoms. The van der Waals surface area contributed by atoms with Gasteiger partial charge < -0.3 is 9.47 Å². The molecular formula is C20H20N4O2S. The van der Waals surface area contributed by atoms with Crippen LogP contribution >= 0.6 is 11.3 Å². The molecule has 0 unspecified atom stereocenters. The smallest absolute Gasteiger partial charge is 0.182 e. The minimum atomic E-state index is 0.661. The van der Waals surface area contributed by atoms with Gasteiger partial charge in [-0.25, -0.2) is 14.5 Å². The van der Waals surface area contributed by atoms with Crippen molar-refractivity contribution in [1.82, 2.24) is 19.6 Å². The molecule has 1 aromatic carbocycles. The molecule has 0 saturated heterocycles. The van der Waals surface area contributed by atoms with Gasteiger partial charge in [-0.2, -0.15) is 0 Å². The van der Waals surface area contributed by atoms with Crippen molar-refractivity contribution >= 4 is 27.2 Å². The van der Waals surface area contributed by atoms with E-state index in [0.717, 1.165) is 34.8 Å². The predicted molar refractivity (Wildman–Crippen MR) is 106 cm³/mol. The lowest BCUT2D eigenvalue weighted by atomic mass is 9.89. The van der Waals surface area contributed by atoms with Crippen molar-refractivity contribution in [2.75, 3.05) is 14.2 Å². The number of rotatable bonds is 3. The van der Waals surface area contributed by atoms with E-state index in [1.54, 1.807) is 36.4 Å². The van der Waals surface area contributed by atoms with Crippen LogP contribution < -0.4 is 9.47 Å². The molecule has 0 radical (unpaired) electrons. The van der Waals surface area contributed by atoms with E-state index in [1.165, 1.54) is 22.2 Å². The first kappa shape index (κ1) is 16.5. The number of nitrogens with zero attached hydrogens (tertiary/aromatic N) is 4. The van der Waals surface area contributed by atoms with E-state index in [4.69, 9.17) is 14.5 Å². The minimum absolute atomic E-state index is 0.661. The highest BCUT2D eigenvalue weighted by Gasteiger charge is 2.23. The maximum Gasteiger partial charge on any atom is 0.182 e. The first-order valence-electron chi connectivity index (χ1n) is 9.06. The normalized spacial score (nSPS) is 16.6. The van der Waals surface area contributed by atoms with E-state index >= 15 is 0 Å². The lowest BCUT2D eigenvalue weighted by Gasteiger charge is -2.17. The number of ether oxygens (including phenoxy) is 2. The van der Waals surface area contributed by atoms with Crippen LogP contribution in [0.25, 0.3) is 27.3 Å². The standard InChI is InChI=1S/C20H20N4O2S/c1-11-4-6-13-16(8-11)27-20-17(13)19-22-18(23-24(19)10-21-20)12-5-7-14(25-2)15(9-12)26-3/h5,7,9-11H,4,6,8H2,1-3H3/t11-/m1/s1. The Morgan fingerprint density at radius 2 is 2.04 bits per heavy atom. The Balaban J connectivity index is 1.69. The van der Waals surface area contributed by atoms with Crippen LogP contribution in [-0.2, 0) is 12.8 Å². The maximum absolute atomic E-state index is 5.42. The number of hydrogen-bond acceptors (Lipinski definition) is 6. The van der Waals surface area contributed by atoms with Gasteiger partial charge in [0.15, 0.2) is 23.0 Å². The van der Waals surface area contributed by atoms with Crippen molar-refractivity contribution in [3.05, 3.63) is 35.0 Å². The second-order valence-corrected chi connectivity index (χ2v) is 8.13. The SMILES string of the molecule is COc1ccc(-c2nc3c4c5c(sc4ncn3n2)C[C@H](C)CC5)cc1OC. The molecule has 1 atom stereocenters. The molecule has 0 aliphatic heterocycles. The van der Waals surface area contributed by atoms with Gasteiger partial charge in [0.05, 0.1) is 19.6 Å². The molecular weight excluding hydrogens is 360 g/mol. The number of aromatic nitrogens is 4. The zero-order valence-electron chi connectivity index (χ0n) is 15.5. The van der Waals surface area contributed by atoms with Gasteiger partial charge in [0, 0.05) is 10.4 Å². The summed E-state index contributed by atoms with van der Waals surface area (Å²) in [7, 11) is 3.26. The molecule has 138 valence electrons. The Kier molecular flexibility index (Phi) is 3.79. The van der Waals surface area contributed by atoms with E-state index in [0.29, 0.717) is 17.3 Å². The molecule has 0 bridgehead atoms. The van der Waals surface area contributed by atoms with E-state index in [2.05, 4.69) is 17.0 Å². The summed E-state index contributed by atoms with van der Waals surface area (Å²) < 4.78 is 12.5. The van der Waals surface area contributed by atoms with Crippen molar-refractivity contribution in [2.45, 2.75) is 26.2 Å². The summed E-state index contributed by atoms with van der Waals surface area (Å²) in [6, 6.07) is 5.73. The predicted octanol–water partition coefficient (Wildman–Crippen LogP) is 4.15. The van der Waals surface area contributed by atoms with Crippen LogP contribution in [0.2, 0.25) is 0 Å². The molecule has 27 heavy (non-hydrogen) atoms. The van der Waals surface area contributed by atoms with Crippen LogP contribution in [-0.4, -0.2) is 33.8 Å². The van der Waals surface area contributed by atoms with Crippen molar-refractivity contribution in [3.63, 3.8) is 0 Å². The van der Waals surface area contributed by atoms with Crippen molar-refractivity contribution in [2.24, 2.45) is 5.92 Å². The summed E-state index contributed by atoms with van der Waals surface area (Å²) >= 11 is 1.81. The molecule has 1 aliphatic rings.